The number of fused-ring (bicyclic) bond motifs is 1. The number of unbranched alkanes of at least 4 members (excludes halogenated alkanes) is 2. The van der Waals surface area contributed by atoms with Crippen LogP contribution >= 0.6 is 0 Å². The van der Waals surface area contributed by atoms with Gasteiger partial charge in [0.1, 0.15) is 0 Å². The van der Waals surface area contributed by atoms with E-state index in [9.17, 15) is 0 Å². The Hall–Kier alpha value is -1.60. The lowest BCUT2D eigenvalue weighted by Gasteiger charge is -2.35. The summed E-state index contributed by atoms with van der Waals surface area (Å²) in [5, 5.41) is 0. The average molecular weight is 362 g/mol. The number of benzene rings is 2. The summed E-state index contributed by atoms with van der Waals surface area (Å²) in [5.41, 5.74) is 7.41. The molecule has 1 aliphatic carbocycles. The molecule has 0 radical (unpaired) electrons. The van der Waals surface area contributed by atoms with Crippen LogP contribution < -0.4 is 0 Å². The molecule has 0 aromatic heterocycles. The predicted octanol–water partition coefficient (Wildman–Crippen LogP) is 6.43. The Labute approximate surface area is 165 Å². The average Bonchev–Trinajstić information content (AvgIpc) is 3.14. The molecule has 0 bridgehead atoms. The van der Waals surface area contributed by atoms with Gasteiger partial charge in [0.2, 0.25) is 0 Å². The van der Waals surface area contributed by atoms with Crippen molar-refractivity contribution in [1.82, 2.24) is 4.90 Å². The van der Waals surface area contributed by atoms with E-state index in [1.54, 1.807) is 11.1 Å². The molecule has 0 saturated carbocycles. The Morgan fingerprint density at radius 3 is 2.48 bits per heavy atom. The molecule has 144 valence electrons. The van der Waals surface area contributed by atoms with Crippen molar-refractivity contribution in [3.05, 3.63) is 59.2 Å². The van der Waals surface area contributed by atoms with Crippen LogP contribution in [0.1, 0.15) is 69.1 Å². The molecule has 1 saturated heterocycles. The van der Waals surface area contributed by atoms with Gasteiger partial charge in [-0.3, -0.25) is 4.90 Å². The predicted molar refractivity (Wildman–Crippen MR) is 116 cm³/mol. The minimum Gasteiger partial charge on any atom is -0.297 e. The highest BCUT2D eigenvalue weighted by Gasteiger charge is 2.30. The van der Waals surface area contributed by atoms with E-state index in [4.69, 9.17) is 0 Å². The van der Waals surface area contributed by atoms with E-state index in [1.807, 2.05) is 0 Å². The molecule has 1 nitrogen and oxygen atoms in total. The van der Waals surface area contributed by atoms with E-state index in [0.717, 1.165) is 12.1 Å². The standard InChI is InChI=1S/C26H35N/c1-3-4-5-8-21-9-11-22(12-10-21)23-13-14-25-19-26(16-15-24(25)18-23)27-17-6-7-20(27)2/h9-14,18,20,26H,3-8,15-17,19H2,1-2H3. The normalized spacial score (nSPS) is 22.7. The zero-order valence-corrected chi connectivity index (χ0v) is 17.2. The Bertz CT molecular complexity index is 745. The summed E-state index contributed by atoms with van der Waals surface area (Å²) in [6, 6.07) is 18.1. The third-order valence-electron chi connectivity index (χ3n) is 6.84. The number of hydrogen-bond acceptors (Lipinski definition) is 1. The third-order valence-corrected chi connectivity index (χ3v) is 6.84. The van der Waals surface area contributed by atoms with Gasteiger partial charge < -0.3 is 0 Å². The molecular formula is C26H35N. The van der Waals surface area contributed by atoms with Crippen LogP contribution in [0, 0.1) is 0 Å². The molecular weight excluding hydrogens is 326 g/mol. The molecule has 1 aliphatic heterocycles. The molecule has 0 amide bonds. The van der Waals surface area contributed by atoms with Crippen LogP contribution in [-0.2, 0) is 19.3 Å². The highest BCUT2D eigenvalue weighted by atomic mass is 15.2. The Kier molecular flexibility index (Phi) is 5.98. The maximum absolute atomic E-state index is 2.77. The fourth-order valence-corrected chi connectivity index (χ4v) is 5.14. The maximum Gasteiger partial charge on any atom is 0.0142 e. The summed E-state index contributed by atoms with van der Waals surface area (Å²) < 4.78 is 0. The van der Waals surface area contributed by atoms with E-state index in [0.29, 0.717) is 0 Å². The number of likely N-dealkylation sites (tertiary alicyclic amines) is 1. The lowest BCUT2D eigenvalue weighted by Crippen LogP contribution is -2.41. The Morgan fingerprint density at radius 2 is 1.74 bits per heavy atom. The zero-order valence-electron chi connectivity index (χ0n) is 17.2. The van der Waals surface area contributed by atoms with Gasteiger partial charge in [0.15, 0.2) is 0 Å². The summed E-state index contributed by atoms with van der Waals surface area (Å²) >= 11 is 0. The largest absolute Gasteiger partial charge is 0.297 e. The van der Waals surface area contributed by atoms with Crippen LogP contribution in [0.25, 0.3) is 11.1 Å². The van der Waals surface area contributed by atoms with Crippen LogP contribution in [0.3, 0.4) is 0 Å². The number of nitrogens with zero attached hydrogens (tertiary/aromatic N) is 1. The zero-order chi connectivity index (χ0) is 18.6. The first kappa shape index (κ1) is 18.7. The minimum atomic E-state index is 0.767. The summed E-state index contributed by atoms with van der Waals surface area (Å²) in [6.07, 6.45) is 11.8. The fourth-order valence-electron chi connectivity index (χ4n) is 5.14. The van der Waals surface area contributed by atoms with E-state index in [-0.39, 0.29) is 0 Å². The quantitative estimate of drug-likeness (QED) is 0.536. The van der Waals surface area contributed by atoms with Gasteiger partial charge in [0.05, 0.1) is 0 Å². The number of rotatable bonds is 6. The second-order valence-corrected chi connectivity index (χ2v) is 8.76. The topological polar surface area (TPSA) is 3.24 Å². The van der Waals surface area contributed by atoms with E-state index < -0.39 is 0 Å². The smallest absolute Gasteiger partial charge is 0.0142 e. The van der Waals surface area contributed by atoms with Crippen molar-refractivity contribution < 1.29 is 0 Å². The molecule has 27 heavy (non-hydrogen) atoms. The van der Waals surface area contributed by atoms with Crippen LogP contribution in [-0.4, -0.2) is 23.5 Å². The van der Waals surface area contributed by atoms with Crippen LogP contribution in [0.4, 0.5) is 0 Å². The number of hydrogen-bond donors (Lipinski definition) is 0. The van der Waals surface area contributed by atoms with Gasteiger partial charge in [-0.15, -0.1) is 0 Å². The summed E-state index contributed by atoms with van der Waals surface area (Å²) in [5.74, 6) is 0. The van der Waals surface area contributed by atoms with Crippen molar-refractivity contribution in [2.24, 2.45) is 0 Å². The molecule has 0 spiro atoms. The number of aryl methyl sites for hydroxylation is 2. The van der Waals surface area contributed by atoms with Crippen molar-refractivity contribution in [2.75, 3.05) is 6.54 Å². The second kappa shape index (κ2) is 8.61. The van der Waals surface area contributed by atoms with Gasteiger partial charge in [-0.25, -0.2) is 0 Å². The third kappa shape index (κ3) is 4.29. The Morgan fingerprint density at radius 1 is 0.926 bits per heavy atom. The highest BCUT2D eigenvalue weighted by molar-refractivity contribution is 5.65. The molecule has 2 aliphatic rings. The molecule has 2 atom stereocenters. The van der Waals surface area contributed by atoms with Crippen LogP contribution in [0.2, 0.25) is 0 Å². The second-order valence-electron chi connectivity index (χ2n) is 8.76. The van der Waals surface area contributed by atoms with Gasteiger partial charge in [-0.05, 0) is 86.2 Å². The van der Waals surface area contributed by atoms with Crippen molar-refractivity contribution in [2.45, 2.75) is 83.7 Å². The first-order valence-electron chi connectivity index (χ1n) is 11.2. The lowest BCUT2D eigenvalue weighted by atomic mass is 9.85. The van der Waals surface area contributed by atoms with Crippen LogP contribution in [0.15, 0.2) is 42.5 Å². The van der Waals surface area contributed by atoms with Crippen LogP contribution in [0.5, 0.6) is 0 Å². The minimum absolute atomic E-state index is 0.767. The van der Waals surface area contributed by atoms with Crippen molar-refractivity contribution in [3.8, 4) is 11.1 Å². The van der Waals surface area contributed by atoms with Gasteiger partial charge >= 0.3 is 0 Å². The molecule has 1 heteroatoms. The van der Waals surface area contributed by atoms with Gasteiger partial charge in [-0.2, -0.15) is 0 Å². The monoisotopic (exact) mass is 361 g/mol. The first-order chi connectivity index (χ1) is 13.2. The highest BCUT2D eigenvalue weighted by Crippen LogP contribution is 2.32. The summed E-state index contributed by atoms with van der Waals surface area (Å²) in [4.78, 5) is 2.77. The summed E-state index contributed by atoms with van der Waals surface area (Å²) in [6.45, 7) is 5.99. The molecule has 2 aromatic rings. The first-order valence-corrected chi connectivity index (χ1v) is 11.2. The van der Waals surface area contributed by atoms with Crippen molar-refractivity contribution >= 4 is 0 Å². The van der Waals surface area contributed by atoms with Crippen molar-refractivity contribution in [3.63, 3.8) is 0 Å². The molecule has 0 N–H and O–H groups in total. The van der Waals surface area contributed by atoms with Gasteiger partial charge in [0, 0.05) is 12.1 Å². The lowest BCUT2D eigenvalue weighted by molar-refractivity contribution is 0.174. The molecule has 4 rings (SSSR count). The SMILES string of the molecule is CCCCCc1ccc(-c2ccc3c(c2)CCC(N2CCCC2C)C3)cc1. The van der Waals surface area contributed by atoms with E-state index in [1.165, 1.54) is 81.0 Å². The van der Waals surface area contributed by atoms with E-state index in [2.05, 4.69) is 61.2 Å². The molecule has 2 unspecified atom stereocenters. The maximum atomic E-state index is 2.77. The molecule has 1 fully saturated rings. The Balaban J connectivity index is 1.44. The summed E-state index contributed by atoms with van der Waals surface area (Å²) in [7, 11) is 0. The molecule has 1 heterocycles. The van der Waals surface area contributed by atoms with Gasteiger partial charge in [0.25, 0.3) is 0 Å². The molecule has 2 aromatic carbocycles. The van der Waals surface area contributed by atoms with Crippen molar-refractivity contribution in [1.29, 1.82) is 0 Å². The van der Waals surface area contributed by atoms with Gasteiger partial charge in [-0.1, -0.05) is 62.2 Å². The van der Waals surface area contributed by atoms with E-state index >= 15 is 0 Å². The fraction of sp³-hybridized carbons (Fsp3) is 0.538.